The average molecular weight is 281 g/mol. The first-order valence-corrected chi connectivity index (χ1v) is 7.47. The van der Waals surface area contributed by atoms with Crippen LogP contribution in [0.5, 0.6) is 0 Å². The lowest BCUT2D eigenvalue weighted by molar-refractivity contribution is -0.127. The Bertz CT molecular complexity index is 378. The minimum Gasteiger partial charge on any atom is -0.353 e. The van der Waals surface area contributed by atoms with Gasteiger partial charge in [0, 0.05) is 12.6 Å². The van der Waals surface area contributed by atoms with E-state index >= 15 is 0 Å². The molecule has 2 amide bonds. The smallest absolute Gasteiger partial charge is 0.239 e. The molecule has 5 heteroatoms. The topological polar surface area (TPSA) is 70.2 Å². The molecular formula is C15H27N3O2. The highest BCUT2D eigenvalue weighted by molar-refractivity contribution is 5.86. The van der Waals surface area contributed by atoms with E-state index in [-0.39, 0.29) is 41.3 Å². The van der Waals surface area contributed by atoms with E-state index in [0.29, 0.717) is 6.54 Å². The van der Waals surface area contributed by atoms with Crippen LogP contribution in [0.2, 0.25) is 0 Å². The van der Waals surface area contributed by atoms with Crippen LogP contribution in [-0.2, 0) is 9.59 Å². The highest BCUT2D eigenvalue weighted by atomic mass is 16.2. The molecule has 114 valence electrons. The molecule has 1 unspecified atom stereocenters. The summed E-state index contributed by atoms with van der Waals surface area (Å²) >= 11 is 0. The molecule has 0 aromatic carbocycles. The zero-order chi connectivity index (χ0) is 15.0. The monoisotopic (exact) mass is 281 g/mol. The summed E-state index contributed by atoms with van der Waals surface area (Å²) in [4.78, 5) is 23.4. The zero-order valence-corrected chi connectivity index (χ0v) is 13.0. The first-order valence-electron chi connectivity index (χ1n) is 7.47. The molecule has 0 radical (unpaired) electrons. The molecule has 0 aromatic rings. The largest absolute Gasteiger partial charge is 0.353 e. The van der Waals surface area contributed by atoms with E-state index in [1.54, 1.807) is 0 Å². The van der Waals surface area contributed by atoms with Crippen molar-refractivity contribution in [2.45, 2.75) is 59.0 Å². The van der Waals surface area contributed by atoms with Gasteiger partial charge in [-0.1, -0.05) is 27.7 Å². The number of hydrogen-bond acceptors (Lipinski definition) is 3. The van der Waals surface area contributed by atoms with Crippen molar-refractivity contribution in [3.05, 3.63) is 0 Å². The molecule has 1 atom stereocenters. The number of hydrogen-bond donors (Lipinski definition) is 3. The maximum Gasteiger partial charge on any atom is 0.239 e. The first-order chi connectivity index (χ1) is 9.17. The number of carbonyl (C=O) groups excluding carboxylic acids is 2. The summed E-state index contributed by atoms with van der Waals surface area (Å²) in [5.41, 5.74) is 0.516. The van der Waals surface area contributed by atoms with Gasteiger partial charge >= 0.3 is 0 Å². The Labute approximate surface area is 121 Å². The summed E-state index contributed by atoms with van der Waals surface area (Å²) in [5.74, 6) is -0.0440. The fourth-order valence-corrected chi connectivity index (χ4v) is 4.00. The van der Waals surface area contributed by atoms with Crippen LogP contribution in [0.15, 0.2) is 0 Å². The van der Waals surface area contributed by atoms with Crippen LogP contribution in [0.1, 0.15) is 47.0 Å². The van der Waals surface area contributed by atoms with E-state index in [0.717, 1.165) is 12.8 Å². The second kappa shape index (κ2) is 5.35. The number of carbonyl (C=O) groups is 2. The van der Waals surface area contributed by atoms with Crippen molar-refractivity contribution in [1.82, 2.24) is 16.0 Å². The first kappa shape index (κ1) is 15.3. The van der Waals surface area contributed by atoms with Gasteiger partial charge in [-0.2, -0.15) is 0 Å². The Hall–Kier alpha value is -1.10. The molecule has 3 N–H and O–H groups in total. The number of rotatable bonds is 2. The third-order valence-electron chi connectivity index (χ3n) is 4.23. The predicted molar refractivity (Wildman–Crippen MR) is 78.1 cm³/mol. The van der Waals surface area contributed by atoms with E-state index in [9.17, 15) is 9.59 Å². The SMILES string of the molecule is CC1(C)CC(NC(=O)C2CNC(=O)CN2)CC(C)(C)C1. The van der Waals surface area contributed by atoms with Crippen LogP contribution in [-0.4, -0.2) is 37.0 Å². The van der Waals surface area contributed by atoms with Crippen molar-refractivity contribution in [1.29, 1.82) is 0 Å². The van der Waals surface area contributed by atoms with Gasteiger partial charge in [0.25, 0.3) is 0 Å². The predicted octanol–water partition coefficient (Wildman–Crippen LogP) is 0.796. The average Bonchev–Trinajstić information content (AvgIpc) is 2.25. The van der Waals surface area contributed by atoms with Crippen LogP contribution < -0.4 is 16.0 Å². The third kappa shape index (κ3) is 3.95. The van der Waals surface area contributed by atoms with Gasteiger partial charge in [-0.25, -0.2) is 0 Å². The normalized spacial score (nSPS) is 29.6. The molecule has 20 heavy (non-hydrogen) atoms. The Morgan fingerprint density at radius 3 is 2.30 bits per heavy atom. The van der Waals surface area contributed by atoms with Crippen molar-refractivity contribution in [3.63, 3.8) is 0 Å². The van der Waals surface area contributed by atoms with Gasteiger partial charge in [-0.15, -0.1) is 0 Å². The maximum atomic E-state index is 12.3. The van der Waals surface area contributed by atoms with E-state index in [1.807, 2.05) is 0 Å². The van der Waals surface area contributed by atoms with Gasteiger partial charge in [-0.3, -0.25) is 14.9 Å². The summed E-state index contributed by atoms with van der Waals surface area (Å²) in [5, 5.41) is 8.86. The van der Waals surface area contributed by atoms with Gasteiger partial charge in [-0.05, 0) is 30.1 Å². The minimum absolute atomic E-state index is 0.00324. The summed E-state index contributed by atoms with van der Waals surface area (Å²) in [6.07, 6.45) is 3.21. The van der Waals surface area contributed by atoms with E-state index in [1.165, 1.54) is 6.42 Å². The van der Waals surface area contributed by atoms with Gasteiger partial charge in [0.2, 0.25) is 11.8 Å². The molecule has 2 rings (SSSR count). The number of amides is 2. The molecule has 5 nitrogen and oxygen atoms in total. The van der Waals surface area contributed by atoms with Crippen LogP contribution >= 0.6 is 0 Å². The molecule has 2 fully saturated rings. The highest BCUT2D eigenvalue weighted by Crippen LogP contribution is 2.45. The maximum absolute atomic E-state index is 12.3. The number of piperazine rings is 1. The van der Waals surface area contributed by atoms with Crippen molar-refractivity contribution in [2.75, 3.05) is 13.1 Å². The minimum atomic E-state index is -0.305. The fourth-order valence-electron chi connectivity index (χ4n) is 4.00. The highest BCUT2D eigenvalue weighted by Gasteiger charge is 2.39. The Morgan fingerprint density at radius 2 is 1.80 bits per heavy atom. The second-order valence-electron chi connectivity index (χ2n) is 7.86. The summed E-state index contributed by atoms with van der Waals surface area (Å²) in [6, 6.07) is -0.0819. The standard InChI is InChI=1S/C15H27N3O2/c1-14(2)5-10(6-15(3,4)9-14)18-13(20)11-7-17-12(19)8-16-11/h10-11,16H,5-9H2,1-4H3,(H,17,19)(H,18,20). The molecular weight excluding hydrogens is 254 g/mol. The lowest BCUT2D eigenvalue weighted by Crippen LogP contribution is -2.60. The molecule has 0 aromatic heterocycles. The van der Waals surface area contributed by atoms with E-state index in [4.69, 9.17) is 0 Å². The molecule has 0 bridgehead atoms. The molecule has 1 saturated heterocycles. The summed E-state index contributed by atoms with van der Waals surface area (Å²) in [7, 11) is 0. The van der Waals surface area contributed by atoms with Gasteiger partial charge in [0.05, 0.1) is 6.54 Å². The lowest BCUT2D eigenvalue weighted by atomic mass is 9.63. The summed E-state index contributed by atoms with van der Waals surface area (Å²) < 4.78 is 0. The van der Waals surface area contributed by atoms with Gasteiger partial charge in [0.1, 0.15) is 6.04 Å². The van der Waals surface area contributed by atoms with Gasteiger partial charge in [0.15, 0.2) is 0 Å². The lowest BCUT2D eigenvalue weighted by Gasteiger charge is -2.45. The van der Waals surface area contributed by atoms with Crippen LogP contribution in [0.25, 0.3) is 0 Å². The molecule has 2 aliphatic rings. The zero-order valence-electron chi connectivity index (χ0n) is 13.0. The van der Waals surface area contributed by atoms with Crippen molar-refractivity contribution < 1.29 is 9.59 Å². The van der Waals surface area contributed by atoms with Crippen molar-refractivity contribution in [3.8, 4) is 0 Å². The Morgan fingerprint density at radius 1 is 1.20 bits per heavy atom. The Balaban J connectivity index is 1.92. The van der Waals surface area contributed by atoms with Crippen LogP contribution in [0.3, 0.4) is 0 Å². The fraction of sp³-hybridized carbons (Fsp3) is 0.867. The Kier molecular flexibility index (Phi) is 4.09. The van der Waals surface area contributed by atoms with Crippen LogP contribution in [0, 0.1) is 10.8 Å². The second-order valence-corrected chi connectivity index (χ2v) is 7.86. The molecule has 0 spiro atoms. The van der Waals surface area contributed by atoms with E-state index in [2.05, 4.69) is 43.6 Å². The van der Waals surface area contributed by atoms with Crippen molar-refractivity contribution in [2.24, 2.45) is 10.8 Å². The molecule has 1 heterocycles. The quantitative estimate of drug-likeness (QED) is 0.701. The molecule has 1 aliphatic heterocycles. The summed E-state index contributed by atoms with van der Waals surface area (Å²) in [6.45, 7) is 9.68. The van der Waals surface area contributed by atoms with E-state index < -0.39 is 0 Å². The molecule has 1 saturated carbocycles. The molecule has 1 aliphatic carbocycles. The van der Waals surface area contributed by atoms with Crippen LogP contribution in [0.4, 0.5) is 0 Å². The number of nitrogens with one attached hydrogen (secondary N) is 3. The van der Waals surface area contributed by atoms with Crippen molar-refractivity contribution >= 4 is 11.8 Å². The third-order valence-corrected chi connectivity index (χ3v) is 4.23. The van der Waals surface area contributed by atoms with Gasteiger partial charge < -0.3 is 10.6 Å².